The van der Waals surface area contributed by atoms with Crippen molar-refractivity contribution >= 4 is 17.0 Å². The predicted molar refractivity (Wildman–Crippen MR) is 74.6 cm³/mol. The second kappa shape index (κ2) is 5.13. The molecule has 0 saturated carbocycles. The van der Waals surface area contributed by atoms with Gasteiger partial charge in [0.1, 0.15) is 11.8 Å². The Kier molecular flexibility index (Phi) is 3.33. The molecule has 1 aliphatic heterocycles. The predicted octanol–water partition coefficient (Wildman–Crippen LogP) is 1.14. The van der Waals surface area contributed by atoms with Crippen LogP contribution in [0.5, 0.6) is 0 Å². The molecule has 0 radical (unpaired) electrons. The molecule has 0 aliphatic carbocycles. The summed E-state index contributed by atoms with van der Waals surface area (Å²) in [6, 6.07) is 0. The molecule has 1 atom stereocenters. The number of nitrogen functional groups attached to an aromatic ring is 1. The summed E-state index contributed by atoms with van der Waals surface area (Å²) in [6.45, 7) is 6.87. The van der Waals surface area contributed by atoms with Crippen LogP contribution in [-0.4, -0.2) is 44.1 Å². The summed E-state index contributed by atoms with van der Waals surface area (Å²) < 4.78 is 2.06. The minimum Gasteiger partial charge on any atom is -0.382 e. The Labute approximate surface area is 112 Å². The molecular formula is C13H20N6. The molecule has 6 nitrogen and oxygen atoms in total. The van der Waals surface area contributed by atoms with Crippen molar-refractivity contribution < 1.29 is 0 Å². The van der Waals surface area contributed by atoms with E-state index in [1.165, 1.54) is 25.8 Å². The van der Waals surface area contributed by atoms with Crippen LogP contribution in [0.25, 0.3) is 11.2 Å². The Morgan fingerprint density at radius 2 is 2.21 bits per heavy atom. The maximum absolute atomic E-state index is 5.78. The molecule has 0 spiro atoms. The van der Waals surface area contributed by atoms with Gasteiger partial charge in [0.2, 0.25) is 0 Å². The molecule has 0 bridgehead atoms. The average molecular weight is 260 g/mol. The SMILES string of the molecule is CC1CCN(CCCn2cnc3c(N)ncnc32)C1. The third kappa shape index (κ3) is 2.53. The lowest BCUT2D eigenvalue weighted by Crippen LogP contribution is -2.22. The van der Waals surface area contributed by atoms with Crippen molar-refractivity contribution in [2.45, 2.75) is 26.3 Å². The highest BCUT2D eigenvalue weighted by atomic mass is 15.2. The van der Waals surface area contributed by atoms with Crippen LogP contribution in [-0.2, 0) is 6.54 Å². The summed E-state index contributed by atoms with van der Waals surface area (Å²) in [5.74, 6) is 1.30. The number of imidazole rings is 1. The van der Waals surface area contributed by atoms with E-state index in [9.17, 15) is 0 Å². The van der Waals surface area contributed by atoms with Crippen LogP contribution in [0.15, 0.2) is 12.7 Å². The second-order valence-corrected chi connectivity index (χ2v) is 5.42. The number of hydrogen-bond acceptors (Lipinski definition) is 5. The number of aryl methyl sites for hydroxylation is 1. The molecule has 3 rings (SSSR count). The Bertz CT molecular complexity index is 563. The molecule has 2 aromatic rings. The maximum atomic E-state index is 5.78. The Hall–Kier alpha value is -1.69. The normalized spacial score (nSPS) is 20.4. The number of anilines is 1. The van der Waals surface area contributed by atoms with Crippen molar-refractivity contribution in [3.8, 4) is 0 Å². The van der Waals surface area contributed by atoms with Crippen molar-refractivity contribution in [1.82, 2.24) is 24.4 Å². The number of rotatable bonds is 4. The van der Waals surface area contributed by atoms with E-state index in [0.717, 1.165) is 31.1 Å². The van der Waals surface area contributed by atoms with E-state index in [-0.39, 0.29) is 0 Å². The monoisotopic (exact) mass is 260 g/mol. The Morgan fingerprint density at radius 1 is 1.32 bits per heavy atom. The summed E-state index contributed by atoms with van der Waals surface area (Å²) in [4.78, 5) is 15.0. The first-order valence-electron chi connectivity index (χ1n) is 6.87. The third-order valence-electron chi connectivity index (χ3n) is 3.81. The highest BCUT2D eigenvalue weighted by molar-refractivity contribution is 5.80. The van der Waals surface area contributed by atoms with Crippen molar-refractivity contribution in [2.24, 2.45) is 5.92 Å². The van der Waals surface area contributed by atoms with Crippen LogP contribution < -0.4 is 5.73 Å². The molecule has 19 heavy (non-hydrogen) atoms. The number of fused-ring (bicyclic) bond motifs is 1. The van der Waals surface area contributed by atoms with Gasteiger partial charge in [-0.05, 0) is 31.8 Å². The molecule has 6 heteroatoms. The smallest absolute Gasteiger partial charge is 0.165 e. The number of nitrogens with zero attached hydrogens (tertiary/aromatic N) is 5. The van der Waals surface area contributed by atoms with Crippen LogP contribution in [0, 0.1) is 5.92 Å². The maximum Gasteiger partial charge on any atom is 0.165 e. The summed E-state index contributed by atoms with van der Waals surface area (Å²) in [6.07, 6.45) is 5.75. The van der Waals surface area contributed by atoms with Crippen molar-refractivity contribution in [3.05, 3.63) is 12.7 Å². The molecule has 3 heterocycles. The van der Waals surface area contributed by atoms with Crippen LogP contribution >= 0.6 is 0 Å². The van der Waals surface area contributed by atoms with Gasteiger partial charge in [0.05, 0.1) is 6.33 Å². The molecular weight excluding hydrogens is 240 g/mol. The quantitative estimate of drug-likeness (QED) is 0.892. The number of likely N-dealkylation sites (tertiary alicyclic amines) is 1. The van der Waals surface area contributed by atoms with Crippen LogP contribution in [0.1, 0.15) is 19.8 Å². The fourth-order valence-corrected chi connectivity index (χ4v) is 2.76. The van der Waals surface area contributed by atoms with E-state index in [4.69, 9.17) is 5.73 Å². The van der Waals surface area contributed by atoms with Crippen molar-refractivity contribution in [1.29, 1.82) is 0 Å². The summed E-state index contributed by atoms with van der Waals surface area (Å²) >= 11 is 0. The van der Waals surface area contributed by atoms with Crippen LogP contribution in [0.3, 0.4) is 0 Å². The molecule has 102 valence electrons. The molecule has 1 unspecified atom stereocenters. The van der Waals surface area contributed by atoms with E-state index in [2.05, 4.69) is 31.3 Å². The van der Waals surface area contributed by atoms with Gasteiger partial charge in [0.15, 0.2) is 11.5 Å². The first-order valence-corrected chi connectivity index (χ1v) is 6.87. The van der Waals surface area contributed by atoms with Gasteiger partial charge in [-0.1, -0.05) is 6.92 Å². The Morgan fingerprint density at radius 3 is 3.00 bits per heavy atom. The highest BCUT2D eigenvalue weighted by Gasteiger charge is 2.17. The van der Waals surface area contributed by atoms with Gasteiger partial charge >= 0.3 is 0 Å². The fraction of sp³-hybridized carbons (Fsp3) is 0.615. The van der Waals surface area contributed by atoms with Gasteiger partial charge in [-0.15, -0.1) is 0 Å². The standard InChI is InChI=1S/C13H20N6/c1-10-3-6-18(7-10)4-2-5-19-9-17-11-12(14)15-8-16-13(11)19/h8-10H,2-7H2,1H3,(H2,14,15,16). The van der Waals surface area contributed by atoms with E-state index in [1.807, 2.05) is 6.33 Å². The first kappa shape index (κ1) is 12.3. The lowest BCUT2D eigenvalue weighted by atomic mass is 10.2. The van der Waals surface area contributed by atoms with Crippen molar-refractivity contribution in [2.75, 3.05) is 25.4 Å². The molecule has 1 saturated heterocycles. The van der Waals surface area contributed by atoms with Crippen molar-refractivity contribution in [3.63, 3.8) is 0 Å². The van der Waals surface area contributed by atoms with Gasteiger partial charge in [0.25, 0.3) is 0 Å². The van der Waals surface area contributed by atoms with Gasteiger partial charge in [-0.25, -0.2) is 15.0 Å². The zero-order valence-electron chi connectivity index (χ0n) is 11.3. The fourth-order valence-electron chi connectivity index (χ4n) is 2.76. The van der Waals surface area contributed by atoms with Gasteiger partial charge in [-0.2, -0.15) is 0 Å². The summed E-state index contributed by atoms with van der Waals surface area (Å²) in [7, 11) is 0. The van der Waals surface area contributed by atoms with E-state index < -0.39 is 0 Å². The van der Waals surface area contributed by atoms with E-state index >= 15 is 0 Å². The largest absolute Gasteiger partial charge is 0.382 e. The molecule has 1 aliphatic rings. The topological polar surface area (TPSA) is 72.9 Å². The van der Waals surface area contributed by atoms with E-state index in [0.29, 0.717) is 11.3 Å². The minimum absolute atomic E-state index is 0.456. The third-order valence-corrected chi connectivity index (χ3v) is 3.81. The van der Waals surface area contributed by atoms with Gasteiger partial charge in [0, 0.05) is 13.1 Å². The highest BCUT2D eigenvalue weighted by Crippen LogP contribution is 2.17. The minimum atomic E-state index is 0.456. The lowest BCUT2D eigenvalue weighted by Gasteiger charge is -2.15. The lowest BCUT2D eigenvalue weighted by molar-refractivity contribution is 0.316. The number of aromatic nitrogens is 4. The van der Waals surface area contributed by atoms with Crippen LogP contribution in [0.2, 0.25) is 0 Å². The Balaban J connectivity index is 1.61. The average Bonchev–Trinajstić information content (AvgIpc) is 2.98. The second-order valence-electron chi connectivity index (χ2n) is 5.42. The number of hydrogen-bond donors (Lipinski definition) is 1. The molecule has 0 amide bonds. The molecule has 2 N–H and O–H groups in total. The zero-order valence-corrected chi connectivity index (χ0v) is 11.3. The van der Waals surface area contributed by atoms with E-state index in [1.54, 1.807) is 0 Å². The van der Waals surface area contributed by atoms with Gasteiger partial charge in [-0.3, -0.25) is 0 Å². The number of nitrogens with two attached hydrogens (primary N) is 1. The zero-order chi connectivity index (χ0) is 13.2. The first-order chi connectivity index (χ1) is 9.24. The molecule has 2 aromatic heterocycles. The summed E-state index contributed by atoms with van der Waals surface area (Å²) in [5, 5.41) is 0. The summed E-state index contributed by atoms with van der Waals surface area (Å²) in [5.41, 5.74) is 7.32. The van der Waals surface area contributed by atoms with Crippen LogP contribution in [0.4, 0.5) is 5.82 Å². The van der Waals surface area contributed by atoms with Gasteiger partial charge < -0.3 is 15.2 Å². The molecule has 0 aromatic carbocycles. The molecule has 1 fully saturated rings.